The van der Waals surface area contributed by atoms with Crippen molar-refractivity contribution in [2.24, 2.45) is 5.92 Å². The van der Waals surface area contributed by atoms with Crippen molar-refractivity contribution in [3.05, 3.63) is 42.9 Å². The zero-order chi connectivity index (χ0) is 17.9. The summed E-state index contributed by atoms with van der Waals surface area (Å²) < 4.78 is 1.80. The maximum atomic E-state index is 12.5. The highest BCUT2D eigenvalue weighted by Crippen LogP contribution is 2.26. The van der Waals surface area contributed by atoms with Gasteiger partial charge >= 0.3 is 0 Å². The van der Waals surface area contributed by atoms with Gasteiger partial charge in [-0.15, -0.1) is 0 Å². The number of aromatic nitrogens is 4. The van der Waals surface area contributed by atoms with Crippen molar-refractivity contribution in [1.82, 2.24) is 24.6 Å². The van der Waals surface area contributed by atoms with Gasteiger partial charge < -0.3 is 4.90 Å². The molecule has 2 aromatic heterocycles. The Hall–Kier alpha value is -2.41. The topological polar surface area (TPSA) is 63.9 Å². The molecule has 1 amide bonds. The lowest BCUT2D eigenvalue weighted by molar-refractivity contribution is -0.130. The summed E-state index contributed by atoms with van der Waals surface area (Å²) in [6.45, 7) is 3.94. The minimum atomic E-state index is 0.184. The number of para-hydroxylation sites is 1. The third-order valence-electron chi connectivity index (χ3n) is 4.67. The van der Waals surface area contributed by atoms with Crippen LogP contribution in [0.25, 0.3) is 16.7 Å². The molecular formula is C19H21N5OS. The summed E-state index contributed by atoms with van der Waals surface area (Å²) in [4.78, 5) is 23.3. The molecule has 1 saturated heterocycles. The lowest BCUT2D eigenvalue weighted by atomic mass is 10.0. The predicted octanol–water partition coefficient (Wildman–Crippen LogP) is 3.17. The van der Waals surface area contributed by atoms with Crippen LogP contribution in [-0.2, 0) is 4.79 Å². The molecule has 1 aliphatic rings. The number of nitrogens with zero attached hydrogens (tertiary/aromatic N) is 5. The molecule has 0 N–H and O–H groups in total. The SMILES string of the molecule is CC1CCCN(C(=O)CSc2ncnc3c2cnn3-c2ccccc2)C1. The normalized spacial score (nSPS) is 17.6. The first-order valence-electron chi connectivity index (χ1n) is 8.87. The molecule has 0 spiro atoms. The van der Waals surface area contributed by atoms with Crippen molar-refractivity contribution in [2.45, 2.75) is 24.8 Å². The molecular weight excluding hydrogens is 346 g/mol. The van der Waals surface area contributed by atoms with E-state index in [4.69, 9.17) is 0 Å². The summed E-state index contributed by atoms with van der Waals surface area (Å²) in [5, 5.41) is 6.14. The highest BCUT2D eigenvalue weighted by Gasteiger charge is 2.21. The summed E-state index contributed by atoms with van der Waals surface area (Å²) in [5.74, 6) is 1.17. The van der Waals surface area contributed by atoms with Crippen LogP contribution < -0.4 is 0 Å². The highest BCUT2D eigenvalue weighted by molar-refractivity contribution is 8.00. The van der Waals surface area contributed by atoms with Crippen LogP contribution in [-0.4, -0.2) is 49.4 Å². The molecule has 1 atom stereocenters. The molecule has 7 heteroatoms. The van der Waals surface area contributed by atoms with Crippen molar-refractivity contribution in [3.63, 3.8) is 0 Å². The van der Waals surface area contributed by atoms with Gasteiger partial charge in [0.25, 0.3) is 0 Å². The van der Waals surface area contributed by atoms with Gasteiger partial charge in [0.15, 0.2) is 5.65 Å². The molecule has 0 saturated carbocycles. The fourth-order valence-corrected chi connectivity index (χ4v) is 4.20. The number of likely N-dealkylation sites (tertiary alicyclic amines) is 1. The Morgan fingerprint density at radius 3 is 2.92 bits per heavy atom. The van der Waals surface area contributed by atoms with Gasteiger partial charge in [-0.3, -0.25) is 4.79 Å². The number of carbonyl (C=O) groups excluding carboxylic acids is 1. The van der Waals surface area contributed by atoms with Crippen molar-refractivity contribution >= 4 is 28.7 Å². The number of rotatable bonds is 4. The lowest BCUT2D eigenvalue weighted by Crippen LogP contribution is -2.40. The Morgan fingerprint density at radius 1 is 1.27 bits per heavy atom. The third-order valence-corrected chi connectivity index (χ3v) is 5.66. The van der Waals surface area contributed by atoms with Gasteiger partial charge in [-0.1, -0.05) is 36.9 Å². The molecule has 3 heterocycles. The average Bonchev–Trinajstić information content (AvgIpc) is 3.11. The van der Waals surface area contributed by atoms with Gasteiger partial charge in [0.05, 0.1) is 23.0 Å². The lowest BCUT2D eigenvalue weighted by Gasteiger charge is -2.30. The number of carbonyl (C=O) groups is 1. The van der Waals surface area contributed by atoms with Crippen LogP contribution in [0.3, 0.4) is 0 Å². The van der Waals surface area contributed by atoms with Gasteiger partial charge in [-0.2, -0.15) is 5.10 Å². The Bertz CT molecular complexity index is 911. The molecule has 0 aliphatic carbocycles. The fraction of sp³-hybridized carbons (Fsp3) is 0.368. The molecule has 1 aromatic carbocycles. The molecule has 1 aliphatic heterocycles. The number of hydrogen-bond acceptors (Lipinski definition) is 5. The van der Waals surface area contributed by atoms with E-state index in [1.807, 2.05) is 35.2 Å². The van der Waals surface area contributed by atoms with Gasteiger partial charge in [0.2, 0.25) is 5.91 Å². The zero-order valence-electron chi connectivity index (χ0n) is 14.7. The summed E-state index contributed by atoms with van der Waals surface area (Å²) >= 11 is 1.47. The second-order valence-corrected chi connectivity index (χ2v) is 7.65. The second kappa shape index (κ2) is 7.45. The van der Waals surface area contributed by atoms with Gasteiger partial charge in [0.1, 0.15) is 11.4 Å². The van der Waals surface area contributed by atoms with Crippen LogP contribution in [0, 0.1) is 5.92 Å². The Labute approximate surface area is 156 Å². The van der Waals surface area contributed by atoms with E-state index < -0.39 is 0 Å². The minimum Gasteiger partial charge on any atom is -0.342 e. The molecule has 0 bridgehead atoms. The second-order valence-electron chi connectivity index (χ2n) is 6.68. The quantitative estimate of drug-likeness (QED) is 0.523. The fourth-order valence-electron chi connectivity index (χ4n) is 3.33. The Balaban J connectivity index is 1.52. The van der Waals surface area contributed by atoms with Crippen LogP contribution in [0.4, 0.5) is 0 Å². The van der Waals surface area contributed by atoms with Crippen LogP contribution >= 0.6 is 11.8 Å². The number of benzene rings is 1. The van der Waals surface area contributed by atoms with Crippen LogP contribution in [0.15, 0.2) is 47.9 Å². The van der Waals surface area contributed by atoms with E-state index >= 15 is 0 Å². The van der Waals surface area contributed by atoms with Crippen molar-refractivity contribution in [3.8, 4) is 5.69 Å². The number of piperidine rings is 1. The molecule has 26 heavy (non-hydrogen) atoms. The van der Waals surface area contributed by atoms with E-state index in [1.54, 1.807) is 17.2 Å². The zero-order valence-corrected chi connectivity index (χ0v) is 15.5. The smallest absolute Gasteiger partial charge is 0.232 e. The highest BCUT2D eigenvalue weighted by atomic mass is 32.2. The van der Waals surface area contributed by atoms with E-state index in [2.05, 4.69) is 22.0 Å². The molecule has 3 aromatic rings. The Kier molecular flexibility index (Phi) is 4.88. The van der Waals surface area contributed by atoms with E-state index in [0.717, 1.165) is 41.3 Å². The van der Waals surface area contributed by atoms with Crippen molar-refractivity contribution in [2.75, 3.05) is 18.8 Å². The number of fused-ring (bicyclic) bond motifs is 1. The van der Waals surface area contributed by atoms with Crippen LogP contribution in [0.2, 0.25) is 0 Å². The number of amides is 1. The van der Waals surface area contributed by atoms with Crippen LogP contribution in [0.1, 0.15) is 19.8 Å². The number of hydrogen-bond donors (Lipinski definition) is 0. The first kappa shape index (κ1) is 17.0. The van der Waals surface area contributed by atoms with E-state index in [9.17, 15) is 4.79 Å². The van der Waals surface area contributed by atoms with E-state index in [0.29, 0.717) is 11.7 Å². The number of thioether (sulfide) groups is 1. The third kappa shape index (κ3) is 3.44. The van der Waals surface area contributed by atoms with Gasteiger partial charge in [-0.25, -0.2) is 14.6 Å². The molecule has 134 valence electrons. The average molecular weight is 367 g/mol. The summed E-state index contributed by atoms with van der Waals surface area (Å²) in [5.41, 5.74) is 1.71. The van der Waals surface area contributed by atoms with Crippen LogP contribution in [0.5, 0.6) is 0 Å². The predicted molar refractivity (Wildman–Crippen MR) is 102 cm³/mol. The van der Waals surface area contributed by atoms with Gasteiger partial charge in [0, 0.05) is 13.1 Å². The molecule has 6 nitrogen and oxygen atoms in total. The van der Waals surface area contributed by atoms with E-state index in [-0.39, 0.29) is 5.91 Å². The Morgan fingerprint density at radius 2 is 2.12 bits per heavy atom. The largest absolute Gasteiger partial charge is 0.342 e. The molecule has 1 fully saturated rings. The standard InChI is InChI=1S/C19H21N5OS/c1-14-6-5-9-23(11-14)17(25)12-26-19-16-10-22-24(18(16)20-13-21-19)15-7-3-2-4-8-15/h2-4,7-8,10,13-14H,5-6,9,11-12H2,1H3. The maximum absolute atomic E-state index is 12.5. The summed E-state index contributed by atoms with van der Waals surface area (Å²) in [7, 11) is 0. The van der Waals surface area contributed by atoms with Crippen molar-refractivity contribution in [1.29, 1.82) is 0 Å². The molecule has 0 radical (unpaired) electrons. The monoisotopic (exact) mass is 367 g/mol. The summed E-state index contributed by atoms with van der Waals surface area (Å²) in [6.07, 6.45) is 5.62. The molecule has 1 unspecified atom stereocenters. The first-order valence-corrected chi connectivity index (χ1v) is 9.85. The van der Waals surface area contributed by atoms with E-state index in [1.165, 1.54) is 18.2 Å². The minimum absolute atomic E-state index is 0.184. The van der Waals surface area contributed by atoms with Gasteiger partial charge in [-0.05, 0) is 30.9 Å². The first-order chi connectivity index (χ1) is 12.7. The summed E-state index contributed by atoms with van der Waals surface area (Å²) in [6, 6.07) is 9.89. The maximum Gasteiger partial charge on any atom is 0.232 e. The van der Waals surface area contributed by atoms with Crippen molar-refractivity contribution < 1.29 is 4.79 Å². The molecule has 4 rings (SSSR count).